The van der Waals surface area contributed by atoms with Gasteiger partial charge >= 0.3 is 0 Å². The number of carbonyl (C=O) groups is 1. The average Bonchev–Trinajstić information content (AvgIpc) is 2.88. The highest BCUT2D eigenvalue weighted by Crippen LogP contribution is 2.27. The molecular formula is C18H24BrN3O3. The predicted octanol–water partition coefficient (Wildman–Crippen LogP) is 3.20. The lowest BCUT2D eigenvalue weighted by Gasteiger charge is -2.15. The first-order valence-corrected chi connectivity index (χ1v) is 8.88. The summed E-state index contributed by atoms with van der Waals surface area (Å²) in [6, 6.07) is 5.39. The third-order valence-corrected chi connectivity index (χ3v) is 5.29. The Bertz CT molecular complexity index is 758. The molecule has 1 aromatic heterocycles. The summed E-state index contributed by atoms with van der Waals surface area (Å²) in [4.78, 5) is 12.4. The number of halogens is 1. The number of hydrogen-bond donors (Lipinski definition) is 1. The largest absolute Gasteiger partial charge is 0.493 e. The smallest absolute Gasteiger partial charge is 0.244 e. The number of benzene rings is 1. The summed E-state index contributed by atoms with van der Waals surface area (Å²) in [6.45, 7) is 6.24. The molecule has 1 aromatic carbocycles. The van der Waals surface area contributed by atoms with Gasteiger partial charge in [0, 0.05) is 6.54 Å². The van der Waals surface area contributed by atoms with Crippen molar-refractivity contribution in [1.82, 2.24) is 15.1 Å². The molecule has 0 aliphatic carbocycles. The maximum absolute atomic E-state index is 12.4. The molecule has 136 valence electrons. The summed E-state index contributed by atoms with van der Waals surface area (Å²) in [7, 11) is 3.22. The van der Waals surface area contributed by atoms with E-state index in [0.717, 1.165) is 21.4 Å². The number of hydrogen-bond acceptors (Lipinski definition) is 4. The quantitative estimate of drug-likeness (QED) is 0.762. The monoisotopic (exact) mass is 409 g/mol. The summed E-state index contributed by atoms with van der Waals surface area (Å²) in [5.74, 6) is 1.32. The van der Waals surface area contributed by atoms with Crippen molar-refractivity contribution >= 4 is 21.8 Å². The van der Waals surface area contributed by atoms with E-state index in [1.807, 2.05) is 39.0 Å². The van der Waals surface area contributed by atoms with Gasteiger partial charge in [-0.2, -0.15) is 5.10 Å². The molecule has 0 saturated carbocycles. The van der Waals surface area contributed by atoms with E-state index < -0.39 is 0 Å². The predicted molar refractivity (Wildman–Crippen MR) is 100 cm³/mol. The highest BCUT2D eigenvalue weighted by Gasteiger charge is 2.19. The minimum Gasteiger partial charge on any atom is -0.493 e. The standard InChI is InChI=1S/C18H24BrN3O3/c1-11-17(19)12(2)22(21-11)13(3)18(23)20-9-8-14-6-7-15(24-4)16(10-14)25-5/h6-7,10,13H,8-9H2,1-5H3,(H,20,23). The van der Waals surface area contributed by atoms with Crippen LogP contribution in [0.5, 0.6) is 11.5 Å². The zero-order chi connectivity index (χ0) is 18.6. The molecule has 0 fully saturated rings. The van der Waals surface area contributed by atoms with Gasteiger partial charge in [-0.25, -0.2) is 0 Å². The van der Waals surface area contributed by atoms with Crippen molar-refractivity contribution in [3.8, 4) is 11.5 Å². The number of methoxy groups -OCH3 is 2. The lowest BCUT2D eigenvalue weighted by atomic mass is 10.1. The third-order valence-electron chi connectivity index (χ3n) is 4.14. The number of aromatic nitrogens is 2. The highest BCUT2D eigenvalue weighted by molar-refractivity contribution is 9.10. The van der Waals surface area contributed by atoms with Gasteiger partial charge in [0.1, 0.15) is 6.04 Å². The molecule has 25 heavy (non-hydrogen) atoms. The fourth-order valence-corrected chi connectivity index (χ4v) is 2.91. The van der Waals surface area contributed by atoms with Crippen LogP contribution in [0.4, 0.5) is 0 Å². The SMILES string of the molecule is COc1ccc(CCNC(=O)C(C)n2nc(C)c(Br)c2C)cc1OC. The number of nitrogens with zero attached hydrogens (tertiary/aromatic N) is 2. The lowest BCUT2D eigenvalue weighted by molar-refractivity contribution is -0.124. The van der Waals surface area contributed by atoms with Crippen LogP contribution in [0, 0.1) is 13.8 Å². The van der Waals surface area contributed by atoms with Crippen molar-refractivity contribution in [3.05, 3.63) is 39.6 Å². The summed E-state index contributed by atoms with van der Waals surface area (Å²) in [6.07, 6.45) is 0.708. The summed E-state index contributed by atoms with van der Waals surface area (Å²) in [5, 5.41) is 7.38. The Labute approximate surface area is 156 Å². The molecule has 0 radical (unpaired) electrons. The van der Waals surface area contributed by atoms with Gasteiger partial charge in [0.15, 0.2) is 11.5 Å². The van der Waals surface area contributed by atoms with Crippen molar-refractivity contribution in [2.45, 2.75) is 33.2 Å². The van der Waals surface area contributed by atoms with Gasteiger partial charge in [-0.05, 0) is 60.8 Å². The minimum absolute atomic E-state index is 0.0569. The van der Waals surface area contributed by atoms with Crippen LogP contribution in [0.2, 0.25) is 0 Å². The Morgan fingerprint density at radius 1 is 1.28 bits per heavy atom. The Morgan fingerprint density at radius 2 is 1.96 bits per heavy atom. The van der Waals surface area contributed by atoms with Crippen LogP contribution >= 0.6 is 15.9 Å². The highest BCUT2D eigenvalue weighted by atomic mass is 79.9. The zero-order valence-corrected chi connectivity index (χ0v) is 16.8. The van der Waals surface area contributed by atoms with Crippen LogP contribution in [0.1, 0.15) is 29.9 Å². The van der Waals surface area contributed by atoms with E-state index in [4.69, 9.17) is 9.47 Å². The molecule has 0 saturated heterocycles. The second-order valence-corrected chi connectivity index (χ2v) is 6.63. The maximum Gasteiger partial charge on any atom is 0.244 e. The second-order valence-electron chi connectivity index (χ2n) is 5.84. The number of amides is 1. The number of carbonyl (C=O) groups excluding carboxylic acids is 1. The molecule has 2 aromatic rings. The van der Waals surface area contributed by atoms with E-state index in [9.17, 15) is 4.79 Å². The maximum atomic E-state index is 12.4. The van der Waals surface area contributed by atoms with Crippen molar-refractivity contribution < 1.29 is 14.3 Å². The van der Waals surface area contributed by atoms with Gasteiger partial charge in [0.2, 0.25) is 5.91 Å². The lowest BCUT2D eigenvalue weighted by Crippen LogP contribution is -2.33. The zero-order valence-electron chi connectivity index (χ0n) is 15.2. The molecule has 1 heterocycles. The van der Waals surface area contributed by atoms with Crippen LogP contribution in [0.25, 0.3) is 0 Å². The number of ether oxygens (including phenoxy) is 2. The fraction of sp³-hybridized carbons (Fsp3) is 0.444. The summed E-state index contributed by atoms with van der Waals surface area (Å²) >= 11 is 3.49. The van der Waals surface area contributed by atoms with Crippen LogP contribution in [-0.4, -0.2) is 36.5 Å². The van der Waals surface area contributed by atoms with Crippen molar-refractivity contribution in [2.75, 3.05) is 20.8 Å². The van der Waals surface area contributed by atoms with Gasteiger partial charge in [0.25, 0.3) is 0 Å². The average molecular weight is 410 g/mol. The van der Waals surface area contributed by atoms with E-state index in [1.54, 1.807) is 18.9 Å². The molecule has 1 amide bonds. The van der Waals surface area contributed by atoms with Crippen LogP contribution in [-0.2, 0) is 11.2 Å². The number of nitrogens with one attached hydrogen (secondary N) is 1. The minimum atomic E-state index is -0.365. The Hall–Kier alpha value is -2.02. The van der Waals surface area contributed by atoms with Crippen LogP contribution < -0.4 is 14.8 Å². The normalized spacial score (nSPS) is 11.9. The second kappa shape index (κ2) is 8.38. The Morgan fingerprint density at radius 3 is 2.52 bits per heavy atom. The van der Waals surface area contributed by atoms with Gasteiger partial charge < -0.3 is 14.8 Å². The van der Waals surface area contributed by atoms with E-state index in [1.165, 1.54) is 0 Å². The Kier molecular flexibility index (Phi) is 6.47. The first-order valence-electron chi connectivity index (χ1n) is 8.08. The Balaban J connectivity index is 1.95. The molecule has 1 atom stereocenters. The first kappa shape index (κ1) is 19.3. The summed E-state index contributed by atoms with van der Waals surface area (Å²) in [5.41, 5.74) is 2.89. The molecule has 2 rings (SSSR count). The van der Waals surface area contributed by atoms with Crippen LogP contribution in [0.3, 0.4) is 0 Å². The van der Waals surface area contributed by atoms with E-state index in [2.05, 4.69) is 26.3 Å². The number of rotatable bonds is 7. The van der Waals surface area contributed by atoms with Crippen molar-refractivity contribution in [1.29, 1.82) is 0 Å². The fourth-order valence-electron chi connectivity index (χ4n) is 2.64. The van der Waals surface area contributed by atoms with Crippen LogP contribution in [0.15, 0.2) is 22.7 Å². The molecule has 1 unspecified atom stereocenters. The van der Waals surface area contributed by atoms with Crippen molar-refractivity contribution in [3.63, 3.8) is 0 Å². The number of aryl methyl sites for hydroxylation is 1. The molecule has 0 aliphatic rings. The molecule has 0 aliphatic heterocycles. The van der Waals surface area contributed by atoms with Gasteiger partial charge in [0.05, 0.1) is 30.1 Å². The molecule has 7 heteroatoms. The third kappa shape index (κ3) is 4.34. The van der Waals surface area contributed by atoms with Gasteiger partial charge in [-0.15, -0.1) is 0 Å². The molecule has 6 nitrogen and oxygen atoms in total. The first-order chi connectivity index (χ1) is 11.9. The van der Waals surface area contributed by atoms with E-state index >= 15 is 0 Å². The van der Waals surface area contributed by atoms with Gasteiger partial charge in [-0.1, -0.05) is 6.07 Å². The molecule has 0 bridgehead atoms. The topological polar surface area (TPSA) is 65.4 Å². The molecule has 1 N–H and O–H groups in total. The molecular weight excluding hydrogens is 386 g/mol. The van der Waals surface area contributed by atoms with Gasteiger partial charge in [-0.3, -0.25) is 9.48 Å². The van der Waals surface area contributed by atoms with Crippen molar-refractivity contribution in [2.24, 2.45) is 0 Å². The van der Waals surface area contributed by atoms with E-state index in [-0.39, 0.29) is 11.9 Å². The summed E-state index contributed by atoms with van der Waals surface area (Å²) < 4.78 is 13.2. The molecule has 0 spiro atoms. The van der Waals surface area contributed by atoms with E-state index in [0.29, 0.717) is 24.5 Å².